The summed E-state index contributed by atoms with van der Waals surface area (Å²) in [5.74, 6) is -0.936. The van der Waals surface area contributed by atoms with E-state index in [1.807, 2.05) is 0 Å². The average molecular weight is 513 g/mol. The lowest BCUT2D eigenvalue weighted by atomic mass is 9.92. The molecule has 0 aliphatic carbocycles. The van der Waals surface area contributed by atoms with E-state index in [-0.39, 0.29) is 30.1 Å². The molecule has 0 spiro atoms. The summed E-state index contributed by atoms with van der Waals surface area (Å²) >= 11 is 0. The van der Waals surface area contributed by atoms with Gasteiger partial charge in [0.25, 0.3) is 5.91 Å². The Kier molecular flexibility index (Phi) is 6.67. The molecule has 1 aliphatic heterocycles. The molecule has 0 N–H and O–H groups in total. The molecular formula is C24H24F4N2O4S. The molecule has 1 aromatic heterocycles. The minimum atomic E-state index is -4.61. The lowest BCUT2D eigenvalue weighted by Gasteiger charge is -2.37. The summed E-state index contributed by atoms with van der Waals surface area (Å²) in [6, 6.07) is 10.9. The van der Waals surface area contributed by atoms with Crippen molar-refractivity contribution in [2.24, 2.45) is 0 Å². The van der Waals surface area contributed by atoms with Crippen LogP contribution in [0.4, 0.5) is 17.6 Å². The Bertz CT molecular complexity index is 1330. The number of rotatable bonds is 6. The van der Waals surface area contributed by atoms with E-state index >= 15 is 4.39 Å². The smallest absolute Gasteiger partial charge is 0.416 e. The van der Waals surface area contributed by atoms with Crippen LogP contribution in [0.2, 0.25) is 0 Å². The summed E-state index contributed by atoms with van der Waals surface area (Å²) < 4.78 is 88.3. The number of hydrogen-bond donors (Lipinski definition) is 0. The standard InChI is InChI=1S/C24H24F4N2O4S/c1-2-29(16-18-5-3-4-6-20(18)24(26,27)28)22(31)23(25)10-12-30(13-11-23)35(32,33)19-7-8-21-17(15-19)9-14-34-21/h3-9,14-15H,2,10-13,16H2,1H3. The fourth-order valence-electron chi connectivity index (χ4n) is 4.30. The Hall–Kier alpha value is -2.92. The molecule has 0 saturated carbocycles. The molecule has 0 radical (unpaired) electrons. The highest BCUT2D eigenvalue weighted by molar-refractivity contribution is 7.89. The van der Waals surface area contributed by atoms with E-state index < -0.39 is 52.7 Å². The molecule has 11 heteroatoms. The third-order valence-electron chi connectivity index (χ3n) is 6.31. The van der Waals surface area contributed by atoms with Crippen LogP contribution in [-0.4, -0.2) is 48.8 Å². The van der Waals surface area contributed by atoms with Crippen molar-refractivity contribution in [2.75, 3.05) is 19.6 Å². The number of benzene rings is 2. The zero-order chi connectivity index (χ0) is 25.4. The fourth-order valence-corrected chi connectivity index (χ4v) is 5.78. The Balaban J connectivity index is 1.48. The maximum absolute atomic E-state index is 15.7. The van der Waals surface area contributed by atoms with Crippen molar-refractivity contribution in [2.45, 2.75) is 43.1 Å². The first-order valence-electron chi connectivity index (χ1n) is 11.1. The third kappa shape index (κ3) is 4.92. The number of sulfonamides is 1. The van der Waals surface area contributed by atoms with Gasteiger partial charge in [0.15, 0.2) is 5.67 Å². The van der Waals surface area contributed by atoms with Gasteiger partial charge in [-0.3, -0.25) is 4.79 Å². The van der Waals surface area contributed by atoms with Crippen molar-refractivity contribution >= 4 is 26.9 Å². The van der Waals surface area contributed by atoms with Crippen LogP contribution in [0, 0.1) is 0 Å². The molecule has 1 aliphatic rings. The van der Waals surface area contributed by atoms with E-state index in [0.717, 1.165) is 15.3 Å². The highest BCUT2D eigenvalue weighted by Gasteiger charge is 2.46. The molecule has 188 valence electrons. The third-order valence-corrected chi connectivity index (χ3v) is 8.21. The number of halogens is 4. The maximum Gasteiger partial charge on any atom is 0.416 e. The quantitative estimate of drug-likeness (QED) is 0.436. The highest BCUT2D eigenvalue weighted by atomic mass is 32.2. The minimum Gasteiger partial charge on any atom is -0.464 e. The summed E-state index contributed by atoms with van der Waals surface area (Å²) in [5.41, 5.74) is -2.85. The van der Waals surface area contributed by atoms with Gasteiger partial charge in [0, 0.05) is 44.4 Å². The number of carbonyl (C=O) groups is 1. The second kappa shape index (κ2) is 9.27. The second-order valence-electron chi connectivity index (χ2n) is 8.46. The number of nitrogens with zero attached hydrogens (tertiary/aromatic N) is 2. The predicted molar refractivity (Wildman–Crippen MR) is 121 cm³/mol. The van der Waals surface area contributed by atoms with Crippen LogP contribution >= 0.6 is 0 Å². The maximum atomic E-state index is 15.7. The van der Waals surface area contributed by atoms with E-state index in [9.17, 15) is 26.4 Å². The first-order chi connectivity index (χ1) is 16.5. The molecule has 1 amide bonds. The molecule has 2 heterocycles. The Labute approximate surface area is 200 Å². The van der Waals surface area contributed by atoms with Crippen molar-refractivity contribution in [3.8, 4) is 0 Å². The number of piperidine rings is 1. The zero-order valence-electron chi connectivity index (χ0n) is 18.9. The molecule has 4 rings (SSSR count). The van der Waals surface area contributed by atoms with Gasteiger partial charge < -0.3 is 9.32 Å². The van der Waals surface area contributed by atoms with Crippen molar-refractivity contribution in [1.82, 2.24) is 9.21 Å². The van der Waals surface area contributed by atoms with E-state index in [1.165, 1.54) is 42.7 Å². The molecule has 35 heavy (non-hydrogen) atoms. The molecule has 1 saturated heterocycles. The summed E-state index contributed by atoms with van der Waals surface area (Å²) in [5, 5.41) is 0.607. The van der Waals surface area contributed by atoms with E-state index in [4.69, 9.17) is 4.42 Å². The van der Waals surface area contributed by atoms with Crippen LogP contribution in [0.1, 0.15) is 30.9 Å². The highest BCUT2D eigenvalue weighted by Crippen LogP contribution is 2.35. The number of fused-ring (bicyclic) bond motifs is 1. The van der Waals surface area contributed by atoms with Gasteiger partial charge in [-0.15, -0.1) is 0 Å². The molecule has 3 aromatic rings. The van der Waals surface area contributed by atoms with Crippen molar-refractivity contribution in [3.63, 3.8) is 0 Å². The Morgan fingerprint density at radius 1 is 1.11 bits per heavy atom. The van der Waals surface area contributed by atoms with Crippen molar-refractivity contribution < 1.29 is 35.2 Å². The van der Waals surface area contributed by atoms with Crippen molar-refractivity contribution in [3.05, 3.63) is 65.9 Å². The normalized spacial score (nSPS) is 16.9. The molecule has 6 nitrogen and oxygen atoms in total. The van der Waals surface area contributed by atoms with Crippen LogP contribution in [0.15, 0.2) is 64.1 Å². The van der Waals surface area contributed by atoms with E-state index in [2.05, 4.69) is 0 Å². The Morgan fingerprint density at radius 3 is 2.46 bits per heavy atom. The molecule has 0 unspecified atom stereocenters. The van der Waals surface area contributed by atoms with Gasteiger partial charge in [-0.2, -0.15) is 17.5 Å². The van der Waals surface area contributed by atoms with Crippen molar-refractivity contribution in [1.29, 1.82) is 0 Å². The number of furan rings is 1. The largest absolute Gasteiger partial charge is 0.464 e. The molecule has 0 bridgehead atoms. The summed E-state index contributed by atoms with van der Waals surface area (Å²) in [6.45, 7) is 0.700. The van der Waals surface area contributed by atoms with Gasteiger partial charge in [-0.05, 0) is 42.8 Å². The monoisotopic (exact) mass is 512 g/mol. The topological polar surface area (TPSA) is 70.8 Å². The second-order valence-corrected chi connectivity index (χ2v) is 10.4. The van der Waals surface area contributed by atoms with Gasteiger partial charge in [0.1, 0.15) is 5.58 Å². The van der Waals surface area contributed by atoms with Crippen LogP contribution in [-0.2, 0) is 27.5 Å². The molecule has 1 fully saturated rings. The summed E-state index contributed by atoms with van der Waals surface area (Å²) in [7, 11) is -3.93. The number of amides is 1. The fraction of sp³-hybridized carbons (Fsp3) is 0.375. The van der Waals surface area contributed by atoms with Crippen LogP contribution in [0.5, 0.6) is 0 Å². The van der Waals surface area contributed by atoms with Gasteiger partial charge >= 0.3 is 6.18 Å². The zero-order valence-corrected chi connectivity index (χ0v) is 19.7. The van der Waals surface area contributed by atoms with Crippen LogP contribution in [0.25, 0.3) is 11.0 Å². The van der Waals surface area contributed by atoms with Gasteiger partial charge in [0.2, 0.25) is 10.0 Å². The van der Waals surface area contributed by atoms with E-state index in [1.54, 1.807) is 13.0 Å². The first-order valence-corrected chi connectivity index (χ1v) is 12.5. The Morgan fingerprint density at radius 2 is 1.80 bits per heavy atom. The molecule has 2 aromatic carbocycles. The number of carbonyl (C=O) groups excluding carboxylic acids is 1. The SMILES string of the molecule is CCN(Cc1ccccc1C(F)(F)F)C(=O)C1(F)CCN(S(=O)(=O)c2ccc3occc3c2)CC1. The lowest BCUT2D eigenvalue weighted by Crippen LogP contribution is -2.53. The lowest BCUT2D eigenvalue weighted by molar-refractivity contribution is -0.148. The van der Waals surface area contributed by atoms with Crippen LogP contribution in [0.3, 0.4) is 0 Å². The summed E-state index contributed by atoms with van der Waals surface area (Å²) in [4.78, 5) is 14.1. The van der Waals surface area contributed by atoms with Crippen LogP contribution < -0.4 is 0 Å². The predicted octanol–water partition coefficient (Wildman–Crippen LogP) is 4.99. The number of alkyl halides is 4. The number of hydrogen-bond acceptors (Lipinski definition) is 4. The van der Waals surface area contributed by atoms with Gasteiger partial charge in [-0.1, -0.05) is 18.2 Å². The molecular weight excluding hydrogens is 488 g/mol. The summed E-state index contributed by atoms with van der Waals surface area (Å²) in [6.07, 6.45) is -3.95. The minimum absolute atomic E-state index is 0.00339. The first kappa shape index (κ1) is 25.2. The average Bonchev–Trinajstić information content (AvgIpc) is 3.30. The molecule has 0 atom stereocenters. The van der Waals surface area contributed by atoms with E-state index in [0.29, 0.717) is 11.0 Å². The van der Waals surface area contributed by atoms with Gasteiger partial charge in [0.05, 0.1) is 16.7 Å². The van der Waals surface area contributed by atoms with Gasteiger partial charge in [-0.25, -0.2) is 12.8 Å².